The van der Waals surface area contributed by atoms with E-state index >= 15 is 0 Å². The Kier molecular flexibility index (Phi) is 4.98. The summed E-state index contributed by atoms with van der Waals surface area (Å²) in [5.74, 6) is 1.02. The molecule has 21 heavy (non-hydrogen) atoms. The number of anilines is 1. The summed E-state index contributed by atoms with van der Waals surface area (Å²) in [6.45, 7) is 2.95. The Balaban J connectivity index is 2.27. The van der Waals surface area contributed by atoms with Gasteiger partial charge in [-0.3, -0.25) is 4.79 Å². The summed E-state index contributed by atoms with van der Waals surface area (Å²) in [5.41, 5.74) is 7.10. The Morgan fingerprint density at radius 3 is 2.67 bits per heavy atom. The molecule has 1 heterocycles. The van der Waals surface area contributed by atoms with Crippen molar-refractivity contribution >= 4 is 35.3 Å². The van der Waals surface area contributed by atoms with Gasteiger partial charge in [-0.05, 0) is 36.8 Å². The molecule has 1 aromatic heterocycles. The van der Waals surface area contributed by atoms with E-state index < -0.39 is 0 Å². The highest BCUT2D eigenvalue weighted by Crippen LogP contribution is 2.23. The van der Waals surface area contributed by atoms with E-state index in [9.17, 15) is 4.79 Å². The normalized spacial score (nSPS) is 10.4. The number of aromatic nitrogens is 1. The van der Waals surface area contributed by atoms with E-state index in [-0.39, 0.29) is 5.91 Å². The summed E-state index contributed by atoms with van der Waals surface area (Å²) >= 11 is 6.54. The Labute approximate surface area is 132 Å². The van der Waals surface area contributed by atoms with Crippen molar-refractivity contribution in [2.24, 2.45) is 0 Å². The van der Waals surface area contributed by atoms with Gasteiger partial charge in [-0.25, -0.2) is 0 Å². The molecule has 112 valence electrons. The van der Waals surface area contributed by atoms with Crippen molar-refractivity contribution < 1.29 is 9.53 Å². The summed E-state index contributed by atoms with van der Waals surface area (Å²) in [6.07, 6.45) is 0. The number of carbonyl (C=O) groups is 1. The van der Waals surface area contributed by atoms with Crippen molar-refractivity contribution in [3.63, 3.8) is 0 Å². The number of benzene rings is 1. The van der Waals surface area contributed by atoms with Gasteiger partial charge in [0.15, 0.2) is 3.95 Å². The Hall–Kier alpha value is -1.86. The smallest absolute Gasteiger partial charge is 0.265 e. The minimum atomic E-state index is -0.181. The van der Waals surface area contributed by atoms with E-state index in [0.29, 0.717) is 27.7 Å². The number of rotatable bonds is 5. The Bertz CT molecular complexity index is 689. The highest BCUT2D eigenvalue weighted by Gasteiger charge is 2.16. The van der Waals surface area contributed by atoms with Crippen LogP contribution in [-0.4, -0.2) is 24.1 Å². The standard InChI is InChI=1S/C14H17N3O2S2/c1-3-16-13(18)11-12(15)17(14(20)21-11)8-9-4-6-10(19-2)7-5-9/h4-7H,3,8,15H2,1-2H3,(H,16,18). The second-order valence-corrected chi connectivity index (χ2v) is 6.02. The van der Waals surface area contributed by atoms with Gasteiger partial charge >= 0.3 is 0 Å². The molecule has 0 unspecified atom stereocenters. The summed E-state index contributed by atoms with van der Waals surface area (Å²) in [7, 11) is 1.63. The van der Waals surface area contributed by atoms with Gasteiger partial charge in [0.25, 0.3) is 5.91 Å². The van der Waals surface area contributed by atoms with Crippen molar-refractivity contribution in [2.45, 2.75) is 13.5 Å². The number of methoxy groups -OCH3 is 1. The summed E-state index contributed by atoms with van der Waals surface area (Å²) in [4.78, 5) is 12.4. The predicted molar refractivity (Wildman–Crippen MR) is 87.7 cm³/mol. The molecule has 1 aromatic carbocycles. The molecule has 5 nitrogen and oxygen atoms in total. The second-order valence-electron chi connectivity index (χ2n) is 4.38. The minimum Gasteiger partial charge on any atom is -0.497 e. The number of nitrogens with two attached hydrogens (primary N) is 1. The second kappa shape index (κ2) is 6.73. The van der Waals surface area contributed by atoms with Crippen molar-refractivity contribution in [1.82, 2.24) is 9.88 Å². The number of hydrogen-bond acceptors (Lipinski definition) is 5. The zero-order valence-corrected chi connectivity index (χ0v) is 13.5. The first-order chi connectivity index (χ1) is 10.1. The average molecular weight is 323 g/mol. The maximum absolute atomic E-state index is 11.9. The van der Waals surface area contributed by atoms with Crippen LogP contribution in [0.2, 0.25) is 0 Å². The zero-order chi connectivity index (χ0) is 15.4. The highest BCUT2D eigenvalue weighted by atomic mass is 32.1. The third-order valence-corrected chi connectivity index (χ3v) is 4.44. The monoisotopic (exact) mass is 323 g/mol. The lowest BCUT2D eigenvalue weighted by Gasteiger charge is -2.07. The quantitative estimate of drug-likeness (QED) is 0.830. The molecule has 0 saturated heterocycles. The third-order valence-electron chi connectivity index (χ3n) is 2.98. The molecule has 0 bridgehead atoms. The lowest BCUT2D eigenvalue weighted by Crippen LogP contribution is -2.23. The number of thiazole rings is 1. The van der Waals surface area contributed by atoms with Crippen LogP contribution >= 0.6 is 23.6 Å². The molecule has 1 amide bonds. The Morgan fingerprint density at radius 1 is 1.43 bits per heavy atom. The molecule has 2 rings (SSSR count). The predicted octanol–water partition coefficient (Wildman–Crippen LogP) is 2.67. The van der Waals surface area contributed by atoms with Gasteiger partial charge in [-0.1, -0.05) is 23.5 Å². The van der Waals surface area contributed by atoms with Crippen LogP contribution in [0, 0.1) is 3.95 Å². The summed E-state index contributed by atoms with van der Waals surface area (Å²) < 4.78 is 7.48. The molecule has 0 aliphatic heterocycles. The molecule has 3 N–H and O–H groups in total. The fourth-order valence-corrected chi connectivity index (χ4v) is 3.12. The van der Waals surface area contributed by atoms with Crippen molar-refractivity contribution in [3.8, 4) is 5.75 Å². The fraction of sp³-hybridized carbons (Fsp3) is 0.286. The van der Waals surface area contributed by atoms with Gasteiger partial charge in [0.1, 0.15) is 16.4 Å². The third kappa shape index (κ3) is 3.43. The highest BCUT2D eigenvalue weighted by molar-refractivity contribution is 7.73. The van der Waals surface area contributed by atoms with Gasteiger partial charge in [0, 0.05) is 6.54 Å². The van der Waals surface area contributed by atoms with Gasteiger partial charge in [0.2, 0.25) is 0 Å². The van der Waals surface area contributed by atoms with Crippen LogP contribution in [0.4, 0.5) is 5.82 Å². The van der Waals surface area contributed by atoms with Crippen LogP contribution < -0.4 is 15.8 Å². The molecule has 0 radical (unpaired) electrons. The van der Waals surface area contributed by atoms with Crippen molar-refractivity contribution in [3.05, 3.63) is 38.7 Å². The largest absolute Gasteiger partial charge is 0.497 e. The molecule has 7 heteroatoms. The molecule has 0 spiro atoms. The zero-order valence-electron chi connectivity index (χ0n) is 11.9. The van der Waals surface area contributed by atoms with Crippen LogP contribution in [0.5, 0.6) is 5.75 Å². The average Bonchev–Trinajstić information content (AvgIpc) is 2.76. The van der Waals surface area contributed by atoms with Crippen LogP contribution in [0.15, 0.2) is 24.3 Å². The summed E-state index contributed by atoms with van der Waals surface area (Å²) in [5, 5.41) is 2.74. The van der Waals surface area contributed by atoms with Gasteiger partial charge < -0.3 is 20.4 Å². The molecular weight excluding hydrogens is 306 g/mol. The molecule has 0 atom stereocenters. The molecule has 0 fully saturated rings. The molecular formula is C14H17N3O2S2. The maximum atomic E-state index is 11.9. The summed E-state index contributed by atoms with van der Waals surface area (Å²) in [6, 6.07) is 7.66. The van der Waals surface area contributed by atoms with E-state index in [4.69, 9.17) is 22.7 Å². The van der Waals surface area contributed by atoms with Gasteiger partial charge in [-0.15, -0.1) is 0 Å². The number of carbonyl (C=O) groups excluding carboxylic acids is 1. The van der Waals surface area contributed by atoms with E-state index in [1.165, 1.54) is 11.3 Å². The Morgan fingerprint density at radius 2 is 2.10 bits per heavy atom. The molecule has 0 aliphatic rings. The van der Waals surface area contributed by atoms with Crippen molar-refractivity contribution in [2.75, 3.05) is 19.4 Å². The van der Waals surface area contributed by atoms with E-state index in [1.807, 2.05) is 31.2 Å². The lowest BCUT2D eigenvalue weighted by atomic mass is 10.2. The van der Waals surface area contributed by atoms with Crippen LogP contribution in [0.25, 0.3) is 0 Å². The minimum absolute atomic E-state index is 0.181. The first kappa shape index (κ1) is 15.5. The SMILES string of the molecule is CCNC(=O)c1sc(=S)n(Cc2ccc(OC)cc2)c1N. The van der Waals surface area contributed by atoms with Gasteiger partial charge in [-0.2, -0.15) is 0 Å². The van der Waals surface area contributed by atoms with E-state index in [0.717, 1.165) is 11.3 Å². The van der Waals surface area contributed by atoms with E-state index in [1.54, 1.807) is 11.7 Å². The number of amides is 1. The number of nitrogens with zero attached hydrogens (tertiary/aromatic N) is 1. The number of nitrogens with one attached hydrogen (secondary N) is 1. The van der Waals surface area contributed by atoms with E-state index in [2.05, 4.69) is 5.32 Å². The molecule has 2 aromatic rings. The molecule has 0 saturated carbocycles. The van der Waals surface area contributed by atoms with Crippen LogP contribution in [0.1, 0.15) is 22.2 Å². The lowest BCUT2D eigenvalue weighted by molar-refractivity contribution is 0.0960. The fourth-order valence-electron chi connectivity index (χ4n) is 1.88. The number of nitrogen functional groups attached to an aromatic ring is 1. The number of ether oxygens (including phenoxy) is 1. The first-order valence-corrected chi connectivity index (χ1v) is 7.69. The number of hydrogen-bond donors (Lipinski definition) is 2. The van der Waals surface area contributed by atoms with Gasteiger partial charge in [0.05, 0.1) is 13.7 Å². The van der Waals surface area contributed by atoms with Crippen LogP contribution in [-0.2, 0) is 6.54 Å². The maximum Gasteiger partial charge on any atom is 0.265 e. The first-order valence-electron chi connectivity index (χ1n) is 6.47. The molecule has 0 aliphatic carbocycles. The van der Waals surface area contributed by atoms with Crippen LogP contribution in [0.3, 0.4) is 0 Å². The topological polar surface area (TPSA) is 69.3 Å². The van der Waals surface area contributed by atoms with Crippen molar-refractivity contribution in [1.29, 1.82) is 0 Å².